The first-order chi connectivity index (χ1) is 34.5. The van der Waals surface area contributed by atoms with Gasteiger partial charge in [0.2, 0.25) is 5.91 Å². The van der Waals surface area contributed by atoms with Crippen LogP contribution in [0.4, 0.5) is 11.5 Å². The molecular weight excluding hydrogens is 920 g/mol. The van der Waals surface area contributed by atoms with Crippen LogP contribution in [-0.2, 0) is 24.3 Å². The number of piperazine rings is 2. The van der Waals surface area contributed by atoms with Crippen LogP contribution in [-0.4, -0.2) is 156 Å². The van der Waals surface area contributed by atoms with Gasteiger partial charge in [-0.25, -0.2) is 4.57 Å². The molecule has 3 saturated heterocycles. The Kier molecular flexibility index (Phi) is 14.0. The number of anilines is 2. The Balaban J connectivity index is 0.741. The van der Waals surface area contributed by atoms with Gasteiger partial charge in [-0.15, -0.1) is 5.10 Å². The number of aromatic hydroxyl groups is 3. The Bertz CT molecular complexity index is 2960. The van der Waals surface area contributed by atoms with E-state index in [-0.39, 0.29) is 41.7 Å². The number of rotatable bonds is 13. The van der Waals surface area contributed by atoms with Crippen molar-refractivity contribution < 1.29 is 24.9 Å². The molecule has 10 rings (SSSR count). The highest BCUT2D eigenvalue weighted by molar-refractivity contribution is 6.36. The van der Waals surface area contributed by atoms with Crippen molar-refractivity contribution in [3.8, 4) is 46.7 Å². The number of halogens is 1. The number of aryl methyl sites for hydroxylation is 1. The third-order valence-corrected chi connectivity index (χ3v) is 15.0. The summed E-state index contributed by atoms with van der Waals surface area (Å²) in [4.78, 5) is 36.8. The fourth-order valence-electron chi connectivity index (χ4n) is 10.8. The van der Waals surface area contributed by atoms with E-state index in [9.17, 15) is 25.4 Å². The molecule has 0 saturated carbocycles. The zero-order chi connectivity index (χ0) is 49.2. The lowest BCUT2D eigenvalue weighted by Crippen LogP contribution is -2.55. The SMILES string of the molecule is C=CC(=O)N1CCN(c2nc(OCCN3CCN(C4CCN(Cc5ccc(-n6c(O)nnc6-c6cc(C)c(O)cc6O)cc5)CC4)CC3)nc3c2CCN(c2cccc4cccc(Cl)c24)C3)C[C@@H]1CC#N. The van der Waals surface area contributed by atoms with Crippen molar-refractivity contribution in [2.24, 2.45) is 0 Å². The lowest BCUT2D eigenvalue weighted by Gasteiger charge is -2.43. The average molecular weight is 980 g/mol. The van der Waals surface area contributed by atoms with Crippen molar-refractivity contribution in [1.29, 1.82) is 5.26 Å². The summed E-state index contributed by atoms with van der Waals surface area (Å²) in [5, 5.41) is 51.7. The number of likely N-dealkylation sites (tertiary alicyclic amines) is 1. The molecule has 4 aliphatic heterocycles. The quantitative estimate of drug-likeness (QED) is 0.110. The Hall–Kier alpha value is -6.97. The second kappa shape index (κ2) is 20.8. The van der Waals surface area contributed by atoms with Gasteiger partial charge in [0.15, 0.2) is 5.82 Å². The third-order valence-electron chi connectivity index (χ3n) is 14.7. The largest absolute Gasteiger partial charge is 0.508 e. The molecule has 6 heterocycles. The number of phenolic OH excluding ortho intramolecular Hbond substituents is 2. The maximum Gasteiger partial charge on any atom is 0.319 e. The highest BCUT2D eigenvalue weighted by Gasteiger charge is 2.34. The molecule has 0 unspecified atom stereocenters. The van der Waals surface area contributed by atoms with E-state index in [4.69, 9.17) is 26.3 Å². The molecule has 1 atom stereocenters. The second-order valence-electron chi connectivity index (χ2n) is 19.0. The molecule has 2 aromatic heterocycles. The number of benzene rings is 4. The molecule has 17 nitrogen and oxygen atoms in total. The number of fused-ring (bicyclic) bond motifs is 2. The number of nitrogens with zero attached hydrogens (tertiary/aromatic N) is 12. The Morgan fingerprint density at radius 2 is 1.66 bits per heavy atom. The van der Waals surface area contributed by atoms with Gasteiger partial charge < -0.3 is 34.8 Å². The Labute approximate surface area is 418 Å². The minimum absolute atomic E-state index is 0.0249. The van der Waals surface area contributed by atoms with Gasteiger partial charge >= 0.3 is 12.0 Å². The van der Waals surface area contributed by atoms with Crippen LogP contribution in [0.15, 0.2) is 85.5 Å². The minimum atomic E-state index is -0.292. The number of carbonyl (C=O) groups is 1. The standard InChI is InChI=1S/C53H59ClN12O5/c1-3-48(69)65-27-26-64(33-40(65)14-18-55)50-41-17-21-63(45-9-5-7-37-6-4-8-43(54)49(37)45)34-44(41)56-52(57-50)71-29-28-60-22-24-62(25-23-60)38-15-19-61(20-16-38)32-36-10-12-39(13-11-36)66-51(58-59-53(66)70)42-30-35(2)46(67)31-47(42)68/h3-13,30-31,38,40,67-68H,1,14-17,19-29,32-34H2,2H3,(H,59,70)/t40-/m0/s1. The van der Waals surface area contributed by atoms with Crippen LogP contribution in [0.25, 0.3) is 27.8 Å². The highest BCUT2D eigenvalue weighted by atomic mass is 35.5. The van der Waals surface area contributed by atoms with Crippen LogP contribution in [0, 0.1) is 18.3 Å². The van der Waals surface area contributed by atoms with E-state index in [1.807, 2.05) is 36.4 Å². The summed E-state index contributed by atoms with van der Waals surface area (Å²) in [6, 6.07) is 25.7. The molecule has 3 fully saturated rings. The molecule has 4 aromatic carbocycles. The summed E-state index contributed by atoms with van der Waals surface area (Å²) in [5.74, 6) is 0.746. The van der Waals surface area contributed by atoms with Crippen molar-refractivity contribution in [2.45, 2.75) is 57.8 Å². The van der Waals surface area contributed by atoms with E-state index >= 15 is 0 Å². The fraction of sp³-hybridized carbons (Fsp3) is 0.396. The van der Waals surface area contributed by atoms with Gasteiger partial charge in [0, 0.05) is 94.2 Å². The van der Waals surface area contributed by atoms with Crippen LogP contribution in [0.3, 0.4) is 0 Å². The Morgan fingerprint density at radius 3 is 2.42 bits per heavy atom. The molecule has 368 valence electrons. The van der Waals surface area contributed by atoms with E-state index in [1.54, 1.807) is 17.9 Å². The third kappa shape index (κ3) is 10.0. The topological polar surface area (TPSA) is 187 Å². The van der Waals surface area contributed by atoms with Gasteiger partial charge in [0.25, 0.3) is 0 Å². The number of ether oxygens (including phenoxy) is 1. The first-order valence-corrected chi connectivity index (χ1v) is 24.9. The summed E-state index contributed by atoms with van der Waals surface area (Å²) >= 11 is 6.80. The van der Waals surface area contributed by atoms with E-state index in [1.165, 1.54) is 16.7 Å². The average Bonchev–Trinajstić information content (AvgIpc) is 3.77. The molecule has 6 aromatic rings. The molecule has 3 N–H and O–H groups in total. The maximum atomic E-state index is 12.8. The maximum absolute atomic E-state index is 12.8. The number of aromatic nitrogens is 5. The molecule has 0 spiro atoms. The number of amides is 1. The van der Waals surface area contributed by atoms with Crippen LogP contribution in [0.5, 0.6) is 23.5 Å². The highest BCUT2D eigenvalue weighted by Crippen LogP contribution is 2.39. The normalized spacial score (nSPS) is 18.4. The van der Waals surface area contributed by atoms with Crippen molar-refractivity contribution >= 4 is 39.8 Å². The van der Waals surface area contributed by atoms with Gasteiger partial charge in [-0.3, -0.25) is 19.5 Å². The number of piperidine rings is 1. The summed E-state index contributed by atoms with van der Waals surface area (Å²) < 4.78 is 7.93. The zero-order valence-electron chi connectivity index (χ0n) is 40.0. The van der Waals surface area contributed by atoms with Gasteiger partial charge in [-0.2, -0.15) is 15.2 Å². The molecule has 1 amide bonds. The predicted molar refractivity (Wildman–Crippen MR) is 272 cm³/mol. The van der Waals surface area contributed by atoms with Gasteiger partial charge in [0.05, 0.1) is 47.0 Å². The number of hydrogen-bond acceptors (Lipinski definition) is 15. The molecule has 0 radical (unpaired) electrons. The summed E-state index contributed by atoms with van der Waals surface area (Å²) in [7, 11) is 0. The van der Waals surface area contributed by atoms with Gasteiger partial charge in [-0.05, 0) is 92.2 Å². The number of phenols is 2. The lowest BCUT2D eigenvalue weighted by atomic mass is 10.0. The van der Waals surface area contributed by atoms with Crippen LogP contribution < -0.4 is 14.5 Å². The second-order valence-corrected chi connectivity index (χ2v) is 19.4. The van der Waals surface area contributed by atoms with E-state index in [2.05, 4.69) is 71.6 Å². The zero-order valence-corrected chi connectivity index (χ0v) is 40.8. The van der Waals surface area contributed by atoms with E-state index < -0.39 is 0 Å². The minimum Gasteiger partial charge on any atom is -0.508 e. The van der Waals surface area contributed by atoms with Crippen molar-refractivity contribution in [2.75, 3.05) is 88.4 Å². The van der Waals surface area contributed by atoms with E-state index in [0.29, 0.717) is 66.7 Å². The van der Waals surface area contributed by atoms with Gasteiger partial charge in [-0.1, -0.05) is 59.7 Å². The summed E-state index contributed by atoms with van der Waals surface area (Å²) in [6.45, 7) is 16.2. The lowest BCUT2D eigenvalue weighted by molar-refractivity contribution is -0.128. The van der Waals surface area contributed by atoms with Crippen LogP contribution >= 0.6 is 11.6 Å². The monoisotopic (exact) mass is 978 g/mol. The Morgan fingerprint density at radius 1 is 0.887 bits per heavy atom. The van der Waals surface area contributed by atoms with Crippen molar-refractivity contribution in [3.63, 3.8) is 0 Å². The molecule has 0 bridgehead atoms. The molecule has 71 heavy (non-hydrogen) atoms. The predicted octanol–water partition coefficient (Wildman–Crippen LogP) is 6.30. The van der Waals surface area contributed by atoms with Crippen molar-refractivity contribution in [3.05, 3.63) is 113 Å². The van der Waals surface area contributed by atoms with Gasteiger partial charge in [0.1, 0.15) is 23.9 Å². The number of hydrogen-bond donors (Lipinski definition) is 3. The molecule has 4 aliphatic rings. The fourth-order valence-corrected chi connectivity index (χ4v) is 11.1. The molecule has 0 aliphatic carbocycles. The molecular formula is C53H59ClN12O5. The van der Waals surface area contributed by atoms with Crippen LogP contribution in [0.1, 0.15) is 41.6 Å². The van der Waals surface area contributed by atoms with Crippen molar-refractivity contribution in [1.82, 2.24) is 44.3 Å². The van der Waals surface area contributed by atoms with Crippen LogP contribution in [0.2, 0.25) is 5.02 Å². The smallest absolute Gasteiger partial charge is 0.319 e. The molecule has 18 heteroatoms. The summed E-state index contributed by atoms with van der Waals surface area (Å²) in [5.41, 5.74) is 5.79. The first-order valence-electron chi connectivity index (χ1n) is 24.5. The summed E-state index contributed by atoms with van der Waals surface area (Å²) in [6.07, 6.45) is 4.47. The number of carbonyl (C=O) groups excluding carboxylic acids is 1. The number of nitriles is 1. The van der Waals surface area contributed by atoms with E-state index in [0.717, 1.165) is 117 Å². The first kappa shape index (κ1) is 47.7.